The summed E-state index contributed by atoms with van der Waals surface area (Å²) < 4.78 is 13.0. The molecule has 5 heteroatoms. The lowest BCUT2D eigenvalue weighted by molar-refractivity contribution is 0.102. The van der Waals surface area contributed by atoms with Crippen molar-refractivity contribution in [3.05, 3.63) is 82.1 Å². The number of hydrogen-bond acceptors (Lipinski definition) is 3. The quantitative estimate of drug-likeness (QED) is 0.770. The van der Waals surface area contributed by atoms with E-state index in [0.29, 0.717) is 17.1 Å². The summed E-state index contributed by atoms with van der Waals surface area (Å²) in [5.41, 5.74) is 2.49. The number of anilines is 1. The van der Waals surface area contributed by atoms with Crippen LogP contribution in [0.25, 0.3) is 0 Å². The van der Waals surface area contributed by atoms with Crippen LogP contribution in [0.5, 0.6) is 0 Å². The maximum Gasteiger partial charge on any atom is 0.257 e. The van der Waals surface area contributed by atoms with Crippen LogP contribution in [0, 0.1) is 12.7 Å². The summed E-state index contributed by atoms with van der Waals surface area (Å²) in [4.78, 5) is 17.6. The van der Waals surface area contributed by atoms with Crippen LogP contribution in [0.4, 0.5) is 9.52 Å². The molecule has 0 spiro atoms. The standard InChI is InChI=1S/C18H15FN2OS/c1-12-16(11-13-7-9-15(19)10-8-13)23-18(20-12)21-17(22)14-5-3-2-4-6-14/h2-10H,11H2,1H3,(H,20,21,22). The molecule has 0 fully saturated rings. The van der Waals surface area contributed by atoms with Crippen molar-refractivity contribution >= 4 is 22.4 Å². The second-order valence-electron chi connectivity index (χ2n) is 5.15. The molecule has 0 atom stereocenters. The molecule has 0 aliphatic carbocycles. The molecule has 1 heterocycles. The van der Waals surface area contributed by atoms with Crippen LogP contribution in [0.1, 0.15) is 26.5 Å². The summed E-state index contributed by atoms with van der Waals surface area (Å²) >= 11 is 1.44. The number of aromatic nitrogens is 1. The molecule has 2 aromatic carbocycles. The number of benzene rings is 2. The Kier molecular flexibility index (Phi) is 4.48. The molecule has 3 aromatic rings. The third-order valence-corrected chi connectivity index (χ3v) is 4.50. The molecule has 0 aliphatic heterocycles. The first-order valence-corrected chi connectivity index (χ1v) is 8.00. The van der Waals surface area contributed by atoms with E-state index in [9.17, 15) is 9.18 Å². The van der Waals surface area contributed by atoms with E-state index >= 15 is 0 Å². The van der Waals surface area contributed by atoms with E-state index in [4.69, 9.17) is 0 Å². The van der Waals surface area contributed by atoms with Crippen LogP contribution in [0.15, 0.2) is 54.6 Å². The smallest absolute Gasteiger partial charge is 0.257 e. The molecular weight excluding hydrogens is 311 g/mol. The Morgan fingerprint density at radius 1 is 1.13 bits per heavy atom. The van der Waals surface area contributed by atoms with E-state index < -0.39 is 0 Å². The summed E-state index contributed by atoms with van der Waals surface area (Å²) in [5, 5.41) is 3.40. The van der Waals surface area contributed by atoms with E-state index in [-0.39, 0.29) is 11.7 Å². The Balaban J connectivity index is 1.73. The molecule has 23 heavy (non-hydrogen) atoms. The molecule has 0 bridgehead atoms. The van der Waals surface area contributed by atoms with E-state index in [2.05, 4.69) is 10.3 Å². The zero-order valence-electron chi connectivity index (χ0n) is 12.5. The second-order valence-corrected chi connectivity index (χ2v) is 6.23. The number of aryl methyl sites for hydroxylation is 1. The van der Waals surface area contributed by atoms with Gasteiger partial charge in [-0.05, 0) is 36.8 Å². The average Bonchev–Trinajstić information content (AvgIpc) is 2.90. The number of hydrogen-bond donors (Lipinski definition) is 1. The molecule has 0 saturated carbocycles. The fraction of sp³-hybridized carbons (Fsp3) is 0.111. The number of rotatable bonds is 4. The molecule has 0 unspecified atom stereocenters. The molecule has 116 valence electrons. The largest absolute Gasteiger partial charge is 0.298 e. The third-order valence-electron chi connectivity index (χ3n) is 3.43. The van der Waals surface area contributed by atoms with Gasteiger partial charge in [0.15, 0.2) is 5.13 Å². The van der Waals surface area contributed by atoms with Crippen molar-refractivity contribution in [1.29, 1.82) is 0 Å². The minimum Gasteiger partial charge on any atom is -0.298 e. The number of carbonyl (C=O) groups excluding carboxylic acids is 1. The Labute approximate surface area is 137 Å². The Morgan fingerprint density at radius 3 is 2.52 bits per heavy atom. The van der Waals surface area contributed by atoms with E-state index in [1.165, 1.54) is 23.5 Å². The lowest BCUT2D eigenvalue weighted by Crippen LogP contribution is -2.11. The molecule has 0 radical (unpaired) electrons. The van der Waals surface area contributed by atoms with Crippen molar-refractivity contribution in [2.24, 2.45) is 0 Å². The molecule has 0 saturated heterocycles. The SMILES string of the molecule is Cc1nc(NC(=O)c2ccccc2)sc1Cc1ccc(F)cc1. The molecule has 3 nitrogen and oxygen atoms in total. The molecule has 3 rings (SSSR count). The predicted molar refractivity (Wildman–Crippen MR) is 90.5 cm³/mol. The zero-order chi connectivity index (χ0) is 16.2. The highest BCUT2D eigenvalue weighted by molar-refractivity contribution is 7.15. The van der Waals surface area contributed by atoms with Gasteiger partial charge < -0.3 is 0 Å². The van der Waals surface area contributed by atoms with Gasteiger partial charge in [0.2, 0.25) is 0 Å². The van der Waals surface area contributed by atoms with Crippen LogP contribution in [0.2, 0.25) is 0 Å². The lowest BCUT2D eigenvalue weighted by atomic mass is 10.1. The monoisotopic (exact) mass is 326 g/mol. The summed E-state index contributed by atoms with van der Waals surface area (Å²) in [6.45, 7) is 1.91. The number of carbonyl (C=O) groups is 1. The minimum absolute atomic E-state index is 0.173. The van der Waals surface area contributed by atoms with E-state index in [1.807, 2.05) is 25.1 Å². The van der Waals surface area contributed by atoms with Gasteiger partial charge in [-0.25, -0.2) is 9.37 Å². The Hall–Kier alpha value is -2.53. The summed E-state index contributed by atoms with van der Waals surface area (Å²) in [6.07, 6.45) is 0.672. The number of thiazole rings is 1. The number of amides is 1. The van der Waals surface area contributed by atoms with Crippen LogP contribution in [0.3, 0.4) is 0 Å². The summed E-state index contributed by atoms with van der Waals surface area (Å²) in [7, 11) is 0. The van der Waals surface area contributed by atoms with Crippen molar-refractivity contribution in [2.45, 2.75) is 13.3 Å². The van der Waals surface area contributed by atoms with Crippen LogP contribution < -0.4 is 5.32 Å². The summed E-state index contributed by atoms with van der Waals surface area (Å²) in [6, 6.07) is 15.4. The highest BCUT2D eigenvalue weighted by atomic mass is 32.1. The normalized spacial score (nSPS) is 10.5. The predicted octanol–water partition coefficient (Wildman–Crippen LogP) is 4.43. The molecule has 0 aliphatic rings. The van der Waals surface area contributed by atoms with Gasteiger partial charge in [0, 0.05) is 16.9 Å². The Morgan fingerprint density at radius 2 is 1.83 bits per heavy atom. The first-order chi connectivity index (χ1) is 11.1. The van der Waals surface area contributed by atoms with Crippen molar-refractivity contribution in [3.63, 3.8) is 0 Å². The lowest BCUT2D eigenvalue weighted by Gasteiger charge is -2.00. The number of nitrogens with one attached hydrogen (secondary N) is 1. The minimum atomic E-state index is -0.245. The highest BCUT2D eigenvalue weighted by Crippen LogP contribution is 2.25. The van der Waals surface area contributed by atoms with Gasteiger partial charge in [-0.1, -0.05) is 30.3 Å². The first kappa shape index (κ1) is 15.4. The van der Waals surface area contributed by atoms with Gasteiger partial charge in [-0.3, -0.25) is 10.1 Å². The van der Waals surface area contributed by atoms with Crippen LogP contribution in [-0.4, -0.2) is 10.9 Å². The van der Waals surface area contributed by atoms with Crippen molar-refractivity contribution < 1.29 is 9.18 Å². The molecule has 1 N–H and O–H groups in total. The van der Waals surface area contributed by atoms with Gasteiger partial charge >= 0.3 is 0 Å². The van der Waals surface area contributed by atoms with E-state index in [0.717, 1.165) is 16.1 Å². The van der Waals surface area contributed by atoms with Gasteiger partial charge in [-0.15, -0.1) is 11.3 Å². The topological polar surface area (TPSA) is 42.0 Å². The maximum absolute atomic E-state index is 13.0. The van der Waals surface area contributed by atoms with Crippen molar-refractivity contribution in [3.8, 4) is 0 Å². The zero-order valence-corrected chi connectivity index (χ0v) is 13.4. The first-order valence-electron chi connectivity index (χ1n) is 7.19. The average molecular weight is 326 g/mol. The second kappa shape index (κ2) is 6.71. The van der Waals surface area contributed by atoms with Gasteiger partial charge in [0.1, 0.15) is 5.82 Å². The molecule has 1 amide bonds. The van der Waals surface area contributed by atoms with Crippen molar-refractivity contribution in [2.75, 3.05) is 5.32 Å². The highest BCUT2D eigenvalue weighted by Gasteiger charge is 2.12. The van der Waals surface area contributed by atoms with Gasteiger partial charge in [0.25, 0.3) is 5.91 Å². The number of halogens is 1. The Bertz CT molecular complexity index is 813. The van der Waals surface area contributed by atoms with Crippen molar-refractivity contribution in [1.82, 2.24) is 4.98 Å². The fourth-order valence-electron chi connectivity index (χ4n) is 2.19. The van der Waals surface area contributed by atoms with Crippen LogP contribution >= 0.6 is 11.3 Å². The number of nitrogens with zero attached hydrogens (tertiary/aromatic N) is 1. The van der Waals surface area contributed by atoms with E-state index in [1.54, 1.807) is 24.3 Å². The van der Waals surface area contributed by atoms with Gasteiger partial charge in [0.05, 0.1) is 5.69 Å². The maximum atomic E-state index is 13.0. The fourth-order valence-corrected chi connectivity index (χ4v) is 3.18. The van der Waals surface area contributed by atoms with Gasteiger partial charge in [-0.2, -0.15) is 0 Å². The third kappa shape index (κ3) is 3.81. The summed E-state index contributed by atoms with van der Waals surface area (Å²) in [5.74, 6) is -0.418. The van der Waals surface area contributed by atoms with Crippen LogP contribution in [-0.2, 0) is 6.42 Å². The molecule has 1 aromatic heterocycles. The molecular formula is C18H15FN2OS.